The van der Waals surface area contributed by atoms with Gasteiger partial charge in [-0.25, -0.2) is 9.18 Å². The number of fused-ring (bicyclic) bond motifs is 1. The SMILES string of the molecule is CC(C)CC(=O)N1CCCc2cccc(OCc3ccc(CCC(=O)OF)c(F)c3)c21. The number of rotatable bonds is 8. The lowest BCUT2D eigenvalue weighted by Gasteiger charge is -2.31. The van der Waals surface area contributed by atoms with E-state index in [0.29, 0.717) is 29.8 Å². The van der Waals surface area contributed by atoms with Crippen molar-refractivity contribution in [1.29, 1.82) is 0 Å². The van der Waals surface area contributed by atoms with Crippen molar-refractivity contribution in [3.8, 4) is 5.75 Å². The van der Waals surface area contributed by atoms with Crippen molar-refractivity contribution in [3.63, 3.8) is 0 Å². The third kappa shape index (κ3) is 5.81. The lowest BCUT2D eigenvalue weighted by molar-refractivity contribution is -0.183. The van der Waals surface area contributed by atoms with Crippen molar-refractivity contribution < 1.29 is 28.2 Å². The molecule has 1 amide bonds. The molecule has 1 aliphatic rings. The van der Waals surface area contributed by atoms with E-state index in [4.69, 9.17) is 4.74 Å². The lowest BCUT2D eigenvalue weighted by Crippen LogP contribution is -2.36. The highest BCUT2D eigenvalue weighted by atomic mass is 19.3. The molecular weight excluding hydrogens is 404 g/mol. The average Bonchev–Trinajstić information content (AvgIpc) is 2.75. The van der Waals surface area contributed by atoms with Gasteiger partial charge in [-0.15, -0.1) is 0 Å². The van der Waals surface area contributed by atoms with Crippen LogP contribution in [0.4, 0.5) is 14.6 Å². The second kappa shape index (κ2) is 10.4. The molecule has 0 saturated heterocycles. The van der Waals surface area contributed by atoms with Crippen LogP contribution in [0, 0.1) is 11.7 Å². The highest BCUT2D eigenvalue weighted by molar-refractivity contribution is 5.96. The molecule has 1 heterocycles. The summed E-state index contributed by atoms with van der Waals surface area (Å²) in [6.45, 7) is 4.82. The molecule has 0 atom stereocenters. The summed E-state index contributed by atoms with van der Waals surface area (Å²) in [6.07, 6.45) is 2.07. The van der Waals surface area contributed by atoms with Gasteiger partial charge >= 0.3 is 5.97 Å². The first kappa shape index (κ1) is 22.7. The summed E-state index contributed by atoms with van der Waals surface area (Å²) >= 11 is 0. The molecule has 2 aromatic rings. The maximum Gasteiger partial charge on any atom is 0.349 e. The van der Waals surface area contributed by atoms with Gasteiger partial charge < -0.3 is 9.64 Å². The summed E-state index contributed by atoms with van der Waals surface area (Å²) in [6, 6.07) is 10.3. The quantitative estimate of drug-likeness (QED) is 0.584. The number of carbonyl (C=O) groups excluding carboxylic acids is 2. The van der Waals surface area contributed by atoms with Gasteiger partial charge in [0, 0.05) is 17.5 Å². The van der Waals surface area contributed by atoms with Crippen molar-refractivity contribution in [2.24, 2.45) is 5.92 Å². The Kier molecular flexibility index (Phi) is 7.60. The first-order valence-corrected chi connectivity index (χ1v) is 10.5. The molecule has 0 aliphatic carbocycles. The van der Waals surface area contributed by atoms with E-state index >= 15 is 0 Å². The highest BCUT2D eigenvalue weighted by Gasteiger charge is 2.26. The first-order chi connectivity index (χ1) is 14.9. The molecule has 2 aromatic carbocycles. The molecule has 0 fully saturated rings. The van der Waals surface area contributed by atoms with Crippen LogP contribution in [0.2, 0.25) is 0 Å². The Hall–Kier alpha value is -2.96. The Bertz CT molecular complexity index is 945. The maximum atomic E-state index is 14.3. The Morgan fingerprint density at radius 2 is 2.00 bits per heavy atom. The number of anilines is 1. The zero-order chi connectivity index (χ0) is 22.4. The van der Waals surface area contributed by atoms with Crippen molar-refractivity contribution >= 4 is 17.6 Å². The topological polar surface area (TPSA) is 55.8 Å². The van der Waals surface area contributed by atoms with Crippen LogP contribution in [0.5, 0.6) is 5.75 Å². The second-order valence-electron chi connectivity index (χ2n) is 8.17. The number of nitrogens with zero attached hydrogens (tertiary/aromatic N) is 1. The monoisotopic (exact) mass is 431 g/mol. The van der Waals surface area contributed by atoms with E-state index in [0.717, 1.165) is 24.1 Å². The molecule has 0 unspecified atom stereocenters. The van der Waals surface area contributed by atoms with Gasteiger partial charge in [-0.05, 0) is 54.0 Å². The largest absolute Gasteiger partial charge is 0.487 e. The Morgan fingerprint density at radius 3 is 2.71 bits per heavy atom. The van der Waals surface area contributed by atoms with Crippen LogP contribution in [0.1, 0.15) is 49.8 Å². The minimum Gasteiger partial charge on any atom is -0.487 e. The van der Waals surface area contributed by atoms with E-state index in [1.165, 1.54) is 6.07 Å². The van der Waals surface area contributed by atoms with Gasteiger partial charge in [0.05, 0.1) is 12.1 Å². The summed E-state index contributed by atoms with van der Waals surface area (Å²) < 4.78 is 32.1. The third-order valence-electron chi connectivity index (χ3n) is 5.26. The number of amides is 1. The number of carbonyl (C=O) groups is 2. The molecular formula is C24H27F2NO4. The van der Waals surface area contributed by atoms with E-state index in [-0.39, 0.29) is 31.3 Å². The van der Waals surface area contributed by atoms with Gasteiger partial charge in [-0.2, -0.15) is 0 Å². The smallest absolute Gasteiger partial charge is 0.349 e. The van der Waals surface area contributed by atoms with Gasteiger partial charge in [0.2, 0.25) is 5.91 Å². The molecule has 0 radical (unpaired) electrons. The number of para-hydroxylation sites is 1. The number of hydrogen-bond acceptors (Lipinski definition) is 4. The van der Waals surface area contributed by atoms with E-state index in [1.54, 1.807) is 12.1 Å². The van der Waals surface area contributed by atoms with Crippen LogP contribution in [0.25, 0.3) is 0 Å². The van der Waals surface area contributed by atoms with Crippen LogP contribution < -0.4 is 9.64 Å². The van der Waals surface area contributed by atoms with E-state index in [2.05, 4.69) is 4.94 Å². The molecule has 0 aromatic heterocycles. The highest BCUT2D eigenvalue weighted by Crippen LogP contribution is 2.37. The third-order valence-corrected chi connectivity index (χ3v) is 5.26. The predicted octanol–water partition coefficient (Wildman–Crippen LogP) is 5.09. The molecule has 3 rings (SSSR count). The average molecular weight is 431 g/mol. The summed E-state index contributed by atoms with van der Waals surface area (Å²) in [5.74, 6) is -0.577. The van der Waals surface area contributed by atoms with Gasteiger partial charge in [0.25, 0.3) is 0 Å². The van der Waals surface area contributed by atoms with E-state index in [9.17, 15) is 18.5 Å². The molecule has 1 aliphatic heterocycles. The number of halogens is 2. The number of ether oxygens (including phenoxy) is 1. The minimum absolute atomic E-state index is 0.0504. The van der Waals surface area contributed by atoms with Crippen molar-refractivity contribution in [1.82, 2.24) is 0 Å². The standard InChI is InChI=1S/C24H27F2NO4/c1-16(2)13-22(28)27-12-4-6-19-5-3-7-21(24(19)27)30-15-17-8-9-18(20(25)14-17)10-11-23(29)31-26/h3,5,7-9,14,16H,4,6,10-13,15H2,1-2H3. The number of hydrogen-bond donors (Lipinski definition) is 0. The van der Waals surface area contributed by atoms with Crippen molar-refractivity contribution in [2.45, 2.75) is 52.6 Å². The summed E-state index contributed by atoms with van der Waals surface area (Å²) in [4.78, 5) is 28.6. The fourth-order valence-corrected chi connectivity index (χ4v) is 3.76. The predicted molar refractivity (Wildman–Crippen MR) is 113 cm³/mol. The number of aryl methyl sites for hydroxylation is 2. The van der Waals surface area contributed by atoms with Gasteiger partial charge in [0.1, 0.15) is 18.2 Å². The van der Waals surface area contributed by atoms with Crippen LogP contribution in [0.3, 0.4) is 0 Å². The molecule has 7 heteroatoms. The zero-order valence-electron chi connectivity index (χ0n) is 17.8. The van der Waals surface area contributed by atoms with Crippen LogP contribution >= 0.6 is 0 Å². The molecule has 5 nitrogen and oxygen atoms in total. The molecule has 166 valence electrons. The van der Waals surface area contributed by atoms with Crippen LogP contribution in [-0.2, 0) is 34.0 Å². The fourth-order valence-electron chi connectivity index (χ4n) is 3.76. The van der Waals surface area contributed by atoms with Crippen molar-refractivity contribution in [3.05, 3.63) is 58.9 Å². The van der Waals surface area contributed by atoms with Crippen LogP contribution in [-0.4, -0.2) is 18.4 Å². The lowest BCUT2D eigenvalue weighted by atomic mass is 9.99. The molecule has 31 heavy (non-hydrogen) atoms. The van der Waals surface area contributed by atoms with E-state index < -0.39 is 11.8 Å². The van der Waals surface area contributed by atoms with Gasteiger partial charge in [0.15, 0.2) is 0 Å². The maximum absolute atomic E-state index is 14.3. The zero-order valence-corrected chi connectivity index (χ0v) is 17.8. The minimum atomic E-state index is -1.03. The Morgan fingerprint density at radius 1 is 1.19 bits per heavy atom. The first-order valence-electron chi connectivity index (χ1n) is 10.5. The van der Waals surface area contributed by atoms with Gasteiger partial charge in [-0.1, -0.05) is 38.1 Å². The van der Waals surface area contributed by atoms with Crippen LogP contribution in [0.15, 0.2) is 36.4 Å². The van der Waals surface area contributed by atoms with Crippen molar-refractivity contribution in [2.75, 3.05) is 11.4 Å². The summed E-state index contributed by atoms with van der Waals surface area (Å²) in [5.41, 5.74) is 2.79. The summed E-state index contributed by atoms with van der Waals surface area (Å²) in [5, 5.41) is 0. The Labute approximate surface area is 180 Å². The molecule has 0 spiro atoms. The van der Waals surface area contributed by atoms with E-state index in [1.807, 2.05) is 36.9 Å². The molecule has 0 saturated carbocycles. The molecule has 0 bridgehead atoms. The second-order valence-corrected chi connectivity index (χ2v) is 8.17. The fraction of sp³-hybridized carbons (Fsp3) is 0.417. The number of benzene rings is 2. The summed E-state index contributed by atoms with van der Waals surface area (Å²) in [7, 11) is 0. The molecule has 0 N–H and O–H groups in total. The van der Waals surface area contributed by atoms with Gasteiger partial charge in [-0.3, -0.25) is 9.74 Å². The normalized spacial score (nSPS) is 13.1. The Balaban J connectivity index is 1.73.